The van der Waals surface area contributed by atoms with Crippen molar-refractivity contribution in [1.29, 1.82) is 0 Å². The molecule has 0 aliphatic carbocycles. The first-order chi connectivity index (χ1) is 8.99. The largest absolute Gasteiger partial charge is 0.324 e. The number of hydrogen-bond donors (Lipinski definition) is 0. The van der Waals surface area contributed by atoms with Gasteiger partial charge in [-0.2, -0.15) is 0 Å². The molecule has 0 bridgehead atoms. The topological polar surface area (TPSA) is 0 Å². The van der Waals surface area contributed by atoms with Gasteiger partial charge in [0.25, 0.3) is 0 Å². The van der Waals surface area contributed by atoms with E-state index in [2.05, 4.69) is 41.8 Å². The van der Waals surface area contributed by atoms with Gasteiger partial charge < -0.3 is 4.48 Å². The molecule has 19 heavy (non-hydrogen) atoms. The summed E-state index contributed by atoms with van der Waals surface area (Å²) >= 11 is 0. The van der Waals surface area contributed by atoms with Gasteiger partial charge in [0.1, 0.15) is 0 Å². The maximum atomic E-state index is 2.47. The second kappa shape index (κ2) is 9.80. The van der Waals surface area contributed by atoms with Gasteiger partial charge in [-0.3, -0.25) is 0 Å². The first-order valence-corrected chi connectivity index (χ1v) is 8.82. The van der Waals surface area contributed by atoms with Crippen molar-refractivity contribution in [3.63, 3.8) is 0 Å². The van der Waals surface area contributed by atoms with E-state index >= 15 is 0 Å². The second-order valence-corrected chi connectivity index (χ2v) is 6.89. The molecule has 0 radical (unpaired) electrons. The Hall–Kier alpha value is -0.0400. The van der Waals surface area contributed by atoms with Crippen molar-refractivity contribution in [2.75, 3.05) is 20.6 Å². The lowest BCUT2D eigenvalue weighted by molar-refractivity contribution is -0.942. The Morgan fingerprint density at radius 1 is 0.632 bits per heavy atom. The summed E-state index contributed by atoms with van der Waals surface area (Å²) < 4.78 is 1.22. The van der Waals surface area contributed by atoms with Crippen LogP contribution in [0.15, 0.2) is 0 Å². The summed E-state index contributed by atoms with van der Waals surface area (Å²) in [6.07, 6.45) is 13.9. The molecule has 0 aromatic rings. The fourth-order valence-electron chi connectivity index (χ4n) is 3.33. The van der Waals surface area contributed by atoms with E-state index in [0.29, 0.717) is 5.54 Å². The molecule has 0 atom stereocenters. The third-order valence-corrected chi connectivity index (χ3v) is 5.31. The molecule has 0 N–H and O–H groups in total. The first kappa shape index (κ1) is 19.0. The summed E-state index contributed by atoms with van der Waals surface area (Å²) in [4.78, 5) is 0. The third-order valence-electron chi connectivity index (χ3n) is 5.31. The summed E-state index contributed by atoms with van der Waals surface area (Å²) in [7, 11) is 4.94. The van der Waals surface area contributed by atoms with Crippen molar-refractivity contribution in [2.45, 2.75) is 97.4 Å². The summed E-state index contributed by atoms with van der Waals surface area (Å²) in [5, 5.41) is 0. The van der Waals surface area contributed by atoms with Gasteiger partial charge in [0.05, 0.1) is 26.2 Å². The van der Waals surface area contributed by atoms with Gasteiger partial charge in [-0.1, -0.05) is 46.5 Å². The fraction of sp³-hybridized carbons (Fsp3) is 1.00. The van der Waals surface area contributed by atoms with Crippen molar-refractivity contribution >= 4 is 0 Å². The van der Waals surface area contributed by atoms with Crippen LogP contribution >= 0.6 is 0 Å². The molecule has 0 aliphatic heterocycles. The first-order valence-electron chi connectivity index (χ1n) is 8.82. The molecule has 0 saturated carbocycles. The molecule has 0 amide bonds. The highest BCUT2D eigenvalue weighted by Gasteiger charge is 2.42. The van der Waals surface area contributed by atoms with Crippen LogP contribution in [-0.2, 0) is 0 Å². The highest BCUT2D eigenvalue weighted by Crippen LogP contribution is 2.37. The summed E-state index contributed by atoms with van der Waals surface area (Å²) in [5.41, 5.74) is 0.538. The Morgan fingerprint density at radius 2 is 1.05 bits per heavy atom. The van der Waals surface area contributed by atoms with Crippen LogP contribution in [0.3, 0.4) is 0 Å². The number of hydrogen-bond acceptors (Lipinski definition) is 0. The molecule has 0 aliphatic rings. The summed E-state index contributed by atoms with van der Waals surface area (Å²) in [6.45, 7) is 10.6. The van der Waals surface area contributed by atoms with Crippen molar-refractivity contribution in [2.24, 2.45) is 0 Å². The monoisotopic (exact) mass is 270 g/mol. The molecule has 1 nitrogen and oxygen atoms in total. The van der Waals surface area contributed by atoms with E-state index in [4.69, 9.17) is 0 Å². The van der Waals surface area contributed by atoms with E-state index in [1.807, 2.05) is 0 Å². The Morgan fingerprint density at radius 3 is 1.42 bits per heavy atom. The minimum Gasteiger partial charge on any atom is -0.324 e. The predicted octanol–water partition coefficient (Wildman–Crippen LogP) is 5.78. The highest BCUT2D eigenvalue weighted by atomic mass is 15.4. The van der Waals surface area contributed by atoms with Gasteiger partial charge in [-0.25, -0.2) is 0 Å². The summed E-state index contributed by atoms with van der Waals surface area (Å²) in [5.74, 6) is 0. The Kier molecular flexibility index (Phi) is 9.78. The highest BCUT2D eigenvalue weighted by molar-refractivity contribution is 4.81. The smallest absolute Gasteiger partial charge is 0.0988 e. The lowest BCUT2D eigenvalue weighted by atomic mass is 9.79. The van der Waals surface area contributed by atoms with Gasteiger partial charge in [0.15, 0.2) is 0 Å². The van der Waals surface area contributed by atoms with Crippen LogP contribution in [0.25, 0.3) is 0 Å². The zero-order chi connectivity index (χ0) is 14.8. The van der Waals surface area contributed by atoms with Gasteiger partial charge in [-0.05, 0) is 26.2 Å². The average molecular weight is 271 g/mol. The maximum absolute atomic E-state index is 2.47. The summed E-state index contributed by atoms with van der Waals surface area (Å²) in [6, 6.07) is 0. The maximum Gasteiger partial charge on any atom is 0.0988 e. The lowest BCUT2D eigenvalue weighted by Crippen LogP contribution is -2.59. The molecule has 0 heterocycles. The number of nitrogens with zero attached hydrogens (tertiary/aromatic N) is 1. The lowest BCUT2D eigenvalue weighted by Gasteiger charge is -2.49. The van der Waals surface area contributed by atoms with Crippen LogP contribution in [0.1, 0.15) is 91.9 Å². The molecule has 0 fully saturated rings. The van der Waals surface area contributed by atoms with Crippen LogP contribution < -0.4 is 0 Å². The Bertz CT molecular complexity index is 200. The van der Waals surface area contributed by atoms with Crippen LogP contribution in [0, 0.1) is 0 Å². The standard InChI is InChI=1S/C18H40N/c1-7-11-14-17-18(15-12-8-2,16-13-9-3)19(5,6)10-4/h7-17H2,1-6H3/q+1. The zero-order valence-electron chi connectivity index (χ0n) is 14.7. The van der Waals surface area contributed by atoms with Crippen molar-refractivity contribution in [1.82, 2.24) is 0 Å². The van der Waals surface area contributed by atoms with Gasteiger partial charge in [0.2, 0.25) is 0 Å². The van der Waals surface area contributed by atoms with Crippen LogP contribution in [-0.4, -0.2) is 30.7 Å². The predicted molar refractivity (Wildman–Crippen MR) is 88.6 cm³/mol. The molecular weight excluding hydrogens is 230 g/mol. The molecule has 116 valence electrons. The molecule has 0 aromatic heterocycles. The van der Waals surface area contributed by atoms with Gasteiger partial charge in [0, 0.05) is 19.3 Å². The number of unbranched alkanes of at least 4 members (excludes halogenated alkanes) is 4. The van der Waals surface area contributed by atoms with Crippen molar-refractivity contribution in [3.8, 4) is 0 Å². The second-order valence-electron chi connectivity index (χ2n) is 6.89. The van der Waals surface area contributed by atoms with E-state index in [0.717, 1.165) is 0 Å². The van der Waals surface area contributed by atoms with Crippen molar-refractivity contribution < 1.29 is 4.48 Å². The van der Waals surface area contributed by atoms with Crippen LogP contribution in [0.4, 0.5) is 0 Å². The van der Waals surface area contributed by atoms with Crippen LogP contribution in [0.5, 0.6) is 0 Å². The van der Waals surface area contributed by atoms with E-state index in [9.17, 15) is 0 Å². The molecule has 1 heteroatoms. The molecule has 0 spiro atoms. The van der Waals surface area contributed by atoms with Gasteiger partial charge in [-0.15, -0.1) is 0 Å². The van der Waals surface area contributed by atoms with E-state index in [-0.39, 0.29) is 0 Å². The Labute approximate surface area is 123 Å². The normalized spacial score (nSPS) is 12.9. The SMILES string of the molecule is CCCCCC(CCCC)(CCCC)[N+](C)(C)CC. The number of quaternary nitrogens is 1. The van der Waals surface area contributed by atoms with E-state index in [1.165, 1.54) is 75.2 Å². The van der Waals surface area contributed by atoms with E-state index in [1.54, 1.807) is 0 Å². The minimum atomic E-state index is 0.538. The average Bonchev–Trinajstić information content (AvgIpc) is 2.41. The molecular formula is C18H40N+. The Balaban J connectivity index is 4.95. The quantitative estimate of drug-likeness (QED) is 0.311. The number of rotatable bonds is 12. The third kappa shape index (κ3) is 5.85. The molecule has 0 aromatic carbocycles. The van der Waals surface area contributed by atoms with Crippen molar-refractivity contribution in [3.05, 3.63) is 0 Å². The molecule has 0 unspecified atom stereocenters. The minimum absolute atomic E-state index is 0.538. The molecule has 0 rings (SSSR count). The van der Waals surface area contributed by atoms with Gasteiger partial charge >= 0.3 is 0 Å². The van der Waals surface area contributed by atoms with E-state index < -0.39 is 0 Å². The molecule has 0 saturated heterocycles. The zero-order valence-corrected chi connectivity index (χ0v) is 14.7. The van der Waals surface area contributed by atoms with Crippen LogP contribution in [0.2, 0.25) is 0 Å². The fourth-order valence-corrected chi connectivity index (χ4v) is 3.33.